The Balaban J connectivity index is 1.75. The maximum atomic E-state index is 13.1. The zero-order chi connectivity index (χ0) is 18.9. The Bertz CT molecular complexity index is 871. The molecule has 1 fully saturated rings. The van der Waals surface area contributed by atoms with Crippen molar-refractivity contribution < 1.29 is 12.8 Å². The monoisotopic (exact) mass is 381 g/mol. The minimum absolute atomic E-state index is 0.174. The lowest BCUT2D eigenvalue weighted by Gasteiger charge is -2.31. The van der Waals surface area contributed by atoms with Gasteiger partial charge in [0.2, 0.25) is 0 Å². The summed E-state index contributed by atoms with van der Waals surface area (Å²) in [5.41, 5.74) is 3.13. The smallest absolute Gasteiger partial charge is 0.279 e. The first-order valence-corrected chi connectivity index (χ1v) is 9.96. The highest BCUT2D eigenvalue weighted by Gasteiger charge is 2.26. The third kappa shape index (κ3) is 3.96. The molecule has 1 saturated heterocycles. The highest BCUT2D eigenvalue weighted by atomic mass is 32.2. The van der Waals surface area contributed by atoms with Crippen LogP contribution in [0.4, 0.5) is 4.39 Å². The van der Waals surface area contributed by atoms with Gasteiger partial charge in [-0.25, -0.2) is 9.07 Å². The zero-order valence-electron chi connectivity index (χ0n) is 15.2. The second-order valence-electron chi connectivity index (χ2n) is 6.57. The first-order valence-electron chi connectivity index (χ1n) is 8.52. The van der Waals surface area contributed by atoms with Crippen LogP contribution in [0.1, 0.15) is 17.0 Å². The SMILES string of the molecule is Cc1nn(-c2ccc(F)cc2)c(C)c1CNS(=O)(=O)N1CCN(C)CC1. The standard InChI is InChI=1S/C17H24FN5O2S/c1-13-17(12-19-26(24,25)22-10-8-21(3)9-11-22)14(2)23(20-13)16-6-4-15(18)5-7-16/h4-7,19H,8-12H2,1-3H3. The third-order valence-corrected chi connectivity index (χ3v) is 6.30. The van der Waals surface area contributed by atoms with Gasteiger partial charge in [0.25, 0.3) is 10.2 Å². The van der Waals surface area contributed by atoms with Crippen LogP contribution in [0, 0.1) is 19.7 Å². The number of aryl methyl sites for hydroxylation is 1. The van der Waals surface area contributed by atoms with Crippen LogP contribution in [-0.2, 0) is 16.8 Å². The molecule has 142 valence electrons. The molecule has 0 aliphatic carbocycles. The van der Waals surface area contributed by atoms with Gasteiger partial charge in [0, 0.05) is 44.0 Å². The summed E-state index contributed by atoms with van der Waals surface area (Å²) in [7, 11) is -1.55. The molecule has 3 rings (SSSR count). The molecular weight excluding hydrogens is 357 g/mol. The molecule has 1 aliphatic heterocycles. The number of nitrogens with one attached hydrogen (secondary N) is 1. The summed E-state index contributed by atoms with van der Waals surface area (Å²) in [5, 5.41) is 4.47. The molecule has 0 saturated carbocycles. The molecule has 9 heteroatoms. The van der Waals surface area contributed by atoms with Crippen molar-refractivity contribution in [2.24, 2.45) is 0 Å². The van der Waals surface area contributed by atoms with E-state index in [1.807, 2.05) is 20.9 Å². The van der Waals surface area contributed by atoms with E-state index in [0.29, 0.717) is 13.1 Å². The summed E-state index contributed by atoms with van der Waals surface area (Å²) < 4.78 is 44.0. The van der Waals surface area contributed by atoms with Gasteiger partial charge in [-0.1, -0.05) is 0 Å². The topological polar surface area (TPSA) is 70.5 Å². The van der Waals surface area contributed by atoms with E-state index in [4.69, 9.17) is 0 Å². The Morgan fingerprint density at radius 1 is 1.12 bits per heavy atom. The lowest BCUT2D eigenvalue weighted by atomic mass is 10.2. The Morgan fingerprint density at radius 2 is 1.73 bits per heavy atom. The van der Waals surface area contributed by atoms with Crippen molar-refractivity contribution in [3.05, 3.63) is 47.0 Å². The predicted molar refractivity (Wildman–Crippen MR) is 97.8 cm³/mol. The predicted octanol–water partition coefficient (Wildman–Crippen LogP) is 1.21. The second kappa shape index (κ2) is 7.43. The fraction of sp³-hybridized carbons (Fsp3) is 0.471. The minimum atomic E-state index is -3.53. The average molecular weight is 381 g/mol. The molecule has 0 bridgehead atoms. The highest BCUT2D eigenvalue weighted by Crippen LogP contribution is 2.18. The lowest BCUT2D eigenvalue weighted by Crippen LogP contribution is -2.50. The molecule has 0 unspecified atom stereocenters. The number of nitrogens with zero attached hydrogens (tertiary/aromatic N) is 4. The number of benzene rings is 1. The molecule has 1 aromatic heterocycles. The van der Waals surface area contributed by atoms with Crippen molar-refractivity contribution in [2.75, 3.05) is 33.2 Å². The van der Waals surface area contributed by atoms with Crippen molar-refractivity contribution in [2.45, 2.75) is 20.4 Å². The molecule has 1 aliphatic rings. The summed E-state index contributed by atoms with van der Waals surface area (Å²) in [5.74, 6) is -0.310. The van der Waals surface area contributed by atoms with Crippen LogP contribution in [0.15, 0.2) is 24.3 Å². The number of rotatable bonds is 5. The normalized spacial score (nSPS) is 16.9. The first kappa shape index (κ1) is 19.0. The largest absolute Gasteiger partial charge is 0.304 e. The van der Waals surface area contributed by atoms with Crippen LogP contribution < -0.4 is 4.72 Å². The van der Waals surface area contributed by atoms with Gasteiger partial charge in [-0.15, -0.1) is 0 Å². The van der Waals surface area contributed by atoms with E-state index in [1.165, 1.54) is 16.4 Å². The Labute approximate surface area is 153 Å². The van der Waals surface area contributed by atoms with Gasteiger partial charge >= 0.3 is 0 Å². The summed E-state index contributed by atoms with van der Waals surface area (Å²) in [6.07, 6.45) is 0. The molecule has 7 nitrogen and oxygen atoms in total. The maximum absolute atomic E-state index is 13.1. The fourth-order valence-electron chi connectivity index (χ4n) is 3.05. The van der Waals surface area contributed by atoms with E-state index < -0.39 is 10.2 Å². The van der Waals surface area contributed by atoms with Crippen LogP contribution in [-0.4, -0.2) is 60.6 Å². The Kier molecular flexibility index (Phi) is 5.42. The number of halogens is 1. The van der Waals surface area contributed by atoms with Crippen LogP contribution in [0.5, 0.6) is 0 Å². The van der Waals surface area contributed by atoms with Crippen molar-refractivity contribution in [3.63, 3.8) is 0 Å². The molecule has 0 radical (unpaired) electrons. The number of hydrogen-bond donors (Lipinski definition) is 1. The number of likely N-dealkylation sites (N-methyl/N-ethyl adjacent to an activating group) is 1. The summed E-state index contributed by atoms with van der Waals surface area (Å²) in [6, 6.07) is 6.04. The van der Waals surface area contributed by atoms with E-state index >= 15 is 0 Å². The summed E-state index contributed by atoms with van der Waals surface area (Å²) >= 11 is 0. The van der Waals surface area contributed by atoms with E-state index in [0.717, 1.165) is 35.7 Å². The quantitative estimate of drug-likeness (QED) is 0.845. The van der Waals surface area contributed by atoms with E-state index in [9.17, 15) is 12.8 Å². The minimum Gasteiger partial charge on any atom is -0.304 e. The van der Waals surface area contributed by atoms with Gasteiger partial charge in [0.1, 0.15) is 5.82 Å². The molecule has 26 heavy (non-hydrogen) atoms. The fourth-order valence-corrected chi connectivity index (χ4v) is 4.20. The first-order chi connectivity index (χ1) is 12.3. The number of aromatic nitrogens is 2. The second-order valence-corrected chi connectivity index (χ2v) is 8.32. The Hall–Kier alpha value is -1.81. The van der Waals surface area contributed by atoms with Gasteiger partial charge in [-0.05, 0) is 45.2 Å². The van der Waals surface area contributed by atoms with Crippen molar-refractivity contribution in [1.29, 1.82) is 0 Å². The zero-order valence-corrected chi connectivity index (χ0v) is 16.1. The van der Waals surface area contributed by atoms with Crippen LogP contribution in [0.3, 0.4) is 0 Å². The van der Waals surface area contributed by atoms with Gasteiger partial charge in [0.15, 0.2) is 0 Å². The average Bonchev–Trinajstić information content (AvgIpc) is 2.88. The van der Waals surface area contributed by atoms with Gasteiger partial charge < -0.3 is 4.90 Å². The van der Waals surface area contributed by atoms with Crippen LogP contribution >= 0.6 is 0 Å². The molecule has 2 heterocycles. The molecule has 1 aromatic carbocycles. The van der Waals surface area contributed by atoms with Crippen LogP contribution in [0.25, 0.3) is 5.69 Å². The molecule has 2 aromatic rings. The summed E-state index contributed by atoms with van der Waals surface area (Å²) in [6.45, 7) is 6.31. The Morgan fingerprint density at radius 3 is 2.35 bits per heavy atom. The van der Waals surface area contributed by atoms with Crippen molar-refractivity contribution in [1.82, 2.24) is 23.7 Å². The third-order valence-electron chi connectivity index (χ3n) is 4.75. The summed E-state index contributed by atoms with van der Waals surface area (Å²) in [4.78, 5) is 2.10. The lowest BCUT2D eigenvalue weighted by molar-refractivity contribution is 0.221. The molecule has 0 spiro atoms. The molecular formula is C17H24FN5O2S. The molecule has 0 atom stereocenters. The van der Waals surface area contributed by atoms with Crippen molar-refractivity contribution in [3.8, 4) is 5.69 Å². The molecule has 0 amide bonds. The van der Waals surface area contributed by atoms with E-state index in [-0.39, 0.29) is 12.4 Å². The van der Waals surface area contributed by atoms with Crippen molar-refractivity contribution >= 4 is 10.2 Å². The highest BCUT2D eigenvalue weighted by molar-refractivity contribution is 7.87. The van der Waals surface area contributed by atoms with E-state index in [1.54, 1.807) is 16.8 Å². The number of piperazine rings is 1. The maximum Gasteiger partial charge on any atom is 0.279 e. The van der Waals surface area contributed by atoms with Crippen LogP contribution in [0.2, 0.25) is 0 Å². The van der Waals surface area contributed by atoms with E-state index in [2.05, 4.69) is 14.7 Å². The molecule has 1 N–H and O–H groups in total. The van der Waals surface area contributed by atoms with Gasteiger partial charge in [-0.2, -0.15) is 22.5 Å². The number of hydrogen-bond acceptors (Lipinski definition) is 4. The van der Waals surface area contributed by atoms with Gasteiger partial charge in [0.05, 0.1) is 11.4 Å². The van der Waals surface area contributed by atoms with Gasteiger partial charge in [-0.3, -0.25) is 0 Å².